The first-order valence-electron chi connectivity index (χ1n) is 12.5. The van der Waals surface area contributed by atoms with Gasteiger partial charge >= 0.3 is 0 Å². The highest BCUT2D eigenvalue weighted by atomic mass is 16.1. The van der Waals surface area contributed by atoms with E-state index in [-0.39, 0.29) is 0 Å². The summed E-state index contributed by atoms with van der Waals surface area (Å²) < 4.78 is 0. The fourth-order valence-corrected chi connectivity index (χ4v) is 8.92. The average Bonchev–Trinajstić information content (AvgIpc) is 3.01. The van der Waals surface area contributed by atoms with Crippen molar-refractivity contribution in [2.45, 2.75) is 111 Å². The quantitative estimate of drug-likeness (QED) is 0.350. The molecule has 8 atom stereocenters. The number of aldehydes is 1. The van der Waals surface area contributed by atoms with Crippen molar-refractivity contribution in [3.63, 3.8) is 0 Å². The van der Waals surface area contributed by atoms with Gasteiger partial charge in [-0.3, -0.25) is 0 Å². The molecule has 4 aliphatic rings. The molecule has 0 bridgehead atoms. The Morgan fingerprint density at radius 1 is 0.889 bits per heavy atom. The number of hydrogen-bond acceptors (Lipinski definition) is 1. The Labute approximate surface area is 168 Å². The van der Waals surface area contributed by atoms with E-state index in [1.54, 1.807) is 6.42 Å². The molecule has 4 rings (SSSR count). The standard InChI is InChI=1S/C26H44O/c1-4-19-13-15-26(3)21(18-19)9-11-22-23-12-10-20(8-6-5-7-17-27)25(23,2)16-14-24(22)26/h17,19-24H,4-16,18H2,1-3H3. The molecule has 0 aromatic heterocycles. The summed E-state index contributed by atoms with van der Waals surface area (Å²) in [5, 5.41) is 0. The number of carbonyl (C=O) groups is 1. The van der Waals surface area contributed by atoms with Crippen LogP contribution in [0.15, 0.2) is 0 Å². The molecule has 0 aliphatic heterocycles. The lowest BCUT2D eigenvalue weighted by molar-refractivity contribution is -0.118. The van der Waals surface area contributed by atoms with Gasteiger partial charge in [-0.05, 0) is 117 Å². The fraction of sp³-hybridized carbons (Fsp3) is 0.962. The van der Waals surface area contributed by atoms with E-state index in [0.29, 0.717) is 10.8 Å². The maximum absolute atomic E-state index is 10.6. The van der Waals surface area contributed by atoms with E-state index < -0.39 is 0 Å². The van der Waals surface area contributed by atoms with Crippen molar-refractivity contribution in [3.05, 3.63) is 0 Å². The maximum atomic E-state index is 10.6. The highest BCUT2D eigenvalue weighted by Gasteiger charge is 2.59. The molecular weight excluding hydrogens is 328 g/mol. The second kappa shape index (κ2) is 7.83. The van der Waals surface area contributed by atoms with Gasteiger partial charge in [0.2, 0.25) is 0 Å². The molecule has 27 heavy (non-hydrogen) atoms. The minimum Gasteiger partial charge on any atom is -0.303 e. The Morgan fingerprint density at radius 2 is 1.67 bits per heavy atom. The predicted octanol–water partition coefficient (Wildman–Crippen LogP) is 7.43. The minimum atomic E-state index is 0.617. The summed E-state index contributed by atoms with van der Waals surface area (Å²) in [5.41, 5.74) is 1.28. The molecule has 1 heteroatoms. The summed E-state index contributed by atoms with van der Waals surface area (Å²) in [4.78, 5) is 10.6. The largest absolute Gasteiger partial charge is 0.303 e. The van der Waals surface area contributed by atoms with E-state index in [9.17, 15) is 4.79 Å². The second-order valence-electron chi connectivity index (χ2n) is 11.5. The van der Waals surface area contributed by atoms with Crippen molar-refractivity contribution >= 4 is 6.29 Å². The van der Waals surface area contributed by atoms with Crippen LogP contribution < -0.4 is 0 Å². The predicted molar refractivity (Wildman–Crippen MR) is 114 cm³/mol. The highest BCUT2D eigenvalue weighted by Crippen LogP contribution is 2.68. The van der Waals surface area contributed by atoms with E-state index in [0.717, 1.165) is 54.6 Å². The minimum absolute atomic E-state index is 0.617. The summed E-state index contributed by atoms with van der Waals surface area (Å²) >= 11 is 0. The molecule has 1 nitrogen and oxygen atoms in total. The number of unbranched alkanes of at least 4 members (excludes halogenated alkanes) is 2. The Morgan fingerprint density at radius 3 is 2.44 bits per heavy atom. The zero-order valence-electron chi connectivity index (χ0n) is 18.3. The first-order valence-corrected chi connectivity index (χ1v) is 12.5. The number of rotatable bonds is 6. The van der Waals surface area contributed by atoms with Gasteiger partial charge in [0.1, 0.15) is 6.29 Å². The molecule has 0 aromatic carbocycles. The van der Waals surface area contributed by atoms with Crippen molar-refractivity contribution in [3.8, 4) is 0 Å². The molecule has 4 saturated carbocycles. The van der Waals surface area contributed by atoms with Crippen LogP contribution in [-0.2, 0) is 4.79 Å². The van der Waals surface area contributed by atoms with Gasteiger partial charge in [0.25, 0.3) is 0 Å². The third-order valence-corrected chi connectivity index (χ3v) is 10.7. The fourth-order valence-electron chi connectivity index (χ4n) is 8.92. The molecule has 8 unspecified atom stereocenters. The third kappa shape index (κ3) is 3.33. The van der Waals surface area contributed by atoms with Gasteiger partial charge < -0.3 is 4.79 Å². The SMILES string of the molecule is CCC1CCC2(C)C(CCC3C4CCC(CCCCC=O)C4(C)CCC32)C1. The first kappa shape index (κ1) is 20.0. The number of hydrogen-bond donors (Lipinski definition) is 0. The van der Waals surface area contributed by atoms with E-state index in [4.69, 9.17) is 0 Å². The Balaban J connectivity index is 1.45. The van der Waals surface area contributed by atoms with E-state index >= 15 is 0 Å². The monoisotopic (exact) mass is 372 g/mol. The Hall–Kier alpha value is -0.330. The van der Waals surface area contributed by atoms with E-state index in [2.05, 4.69) is 20.8 Å². The van der Waals surface area contributed by atoms with Crippen LogP contribution in [0, 0.1) is 46.3 Å². The van der Waals surface area contributed by atoms with Crippen LogP contribution in [0.1, 0.15) is 111 Å². The molecular formula is C26H44O. The van der Waals surface area contributed by atoms with Gasteiger partial charge in [-0.1, -0.05) is 33.6 Å². The van der Waals surface area contributed by atoms with Crippen LogP contribution in [0.5, 0.6) is 0 Å². The van der Waals surface area contributed by atoms with Crippen LogP contribution in [0.25, 0.3) is 0 Å². The van der Waals surface area contributed by atoms with Crippen LogP contribution >= 0.6 is 0 Å². The molecule has 0 aromatic rings. The van der Waals surface area contributed by atoms with Gasteiger partial charge in [-0.2, -0.15) is 0 Å². The number of carbonyl (C=O) groups excluding carboxylic acids is 1. The second-order valence-corrected chi connectivity index (χ2v) is 11.5. The molecule has 4 aliphatic carbocycles. The molecule has 0 radical (unpaired) electrons. The van der Waals surface area contributed by atoms with E-state index in [1.165, 1.54) is 70.6 Å². The van der Waals surface area contributed by atoms with Crippen LogP contribution in [-0.4, -0.2) is 6.29 Å². The molecule has 0 N–H and O–H groups in total. The molecule has 0 spiro atoms. The zero-order chi connectivity index (χ0) is 19.1. The zero-order valence-corrected chi connectivity index (χ0v) is 18.3. The summed E-state index contributed by atoms with van der Waals surface area (Å²) in [6.07, 6.45) is 20.7. The summed E-state index contributed by atoms with van der Waals surface area (Å²) in [6, 6.07) is 0. The molecule has 0 amide bonds. The van der Waals surface area contributed by atoms with Crippen molar-refractivity contribution < 1.29 is 4.79 Å². The summed E-state index contributed by atoms with van der Waals surface area (Å²) in [7, 11) is 0. The molecule has 4 fully saturated rings. The normalized spacial score (nSPS) is 49.1. The van der Waals surface area contributed by atoms with Gasteiger partial charge in [-0.25, -0.2) is 0 Å². The molecule has 0 saturated heterocycles. The molecule has 154 valence electrons. The average molecular weight is 373 g/mol. The van der Waals surface area contributed by atoms with Crippen molar-refractivity contribution in [1.82, 2.24) is 0 Å². The Bertz CT molecular complexity index is 526. The lowest BCUT2D eigenvalue weighted by Gasteiger charge is -2.61. The number of fused-ring (bicyclic) bond motifs is 5. The van der Waals surface area contributed by atoms with Gasteiger partial charge in [0.05, 0.1) is 0 Å². The van der Waals surface area contributed by atoms with Gasteiger partial charge in [0.15, 0.2) is 0 Å². The summed E-state index contributed by atoms with van der Waals surface area (Å²) in [6.45, 7) is 7.81. The van der Waals surface area contributed by atoms with Gasteiger partial charge in [0, 0.05) is 6.42 Å². The molecule has 0 heterocycles. The van der Waals surface area contributed by atoms with E-state index in [1.807, 2.05) is 0 Å². The summed E-state index contributed by atoms with van der Waals surface area (Å²) in [5.74, 6) is 6.06. The first-order chi connectivity index (χ1) is 13.0. The van der Waals surface area contributed by atoms with Crippen molar-refractivity contribution in [1.29, 1.82) is 0 Å². The van der Waals surface area contributed by atoms with Crippen LogP contribution in [0.3, 0.4) is 0 Å². The van der Waals surface area contributed by atoms with Crippen LogP contribution in [0.2, 0.25) is 0 Å². The van der Waals surface area contributed by atoms with Crippen LogP contribution in [0.4, 0.5) is 0 Å². The maximum Gasteiger partial charge on any atom is 0.119 e. The third-order valence-electron chi connectivity index (χ3n) is 10.7. The Kier molecular flexibility index (Phi) is 5.79. The smallest absolute Gasteiger partial charge is 0.119 e. The lowest BCUT2D eigenvalue weighted by Crippen LogP contribution is -2.53. The van der Waals surface area contributed by atoms with Crippen molar-refractivity contribution in [2.24, 2.45) is 46.3 Å². The topological polar surface area (TPSA) is 17.1 Å². The van der Waals surface area contributed by atoms with Crippen molar-refractivity contribution in [2.75, 3.05) is 0 Å². The van der Waals surface area contributed by atoms with Gasteiger partial charge in [-0.15, -0.1) is 0 Å². The highest BCUT2D eigenvalue weighted by molar-refractivity contribution is 5.48. The lowest BCUT2D eigenvalue weighted by atomic mass is 9.44.